The zero-order valence-electron chi connectivity index (χ0n) is 9.90. The van der Waals surface area contributed by atoms with Crippen LogP contribution in [0.4, 0.5) is 0 Å². The Kier molecular flexibility index (Phi) is 2.51. The topological polar surface area (TPSA) is 64.2 Å². The Labute approximate surface area is 104 Å². The van der Waals surface area contributed by atoms with Crippen molar-refractivity contribution < 1.29 is 14.3 Å². The first-order chi connectivity index (χ1) is 8.78. The van der Waals surface area contributed by atoms with Gasteiger partial charge in [0.25, 0.3) is 0 Å². The maximum atomic E-state index is 10.8. The zero-order chi connectivity index (χ0) is 12.5. The van der Waals surface area contributed by atoms with Gasteiger partial charge in [0.15, 0.2) is 17.8 Å². The molecule has 1 aliphatic heterocycles. The fourth-order valence-electron chi connectivity index (χ4n) is 1.92. The standard InChI is InChI=1S/C13H12N2O3/c1-8-10(7-16)15-13(14-8)9-2-3-11-12(6-9)18-5-4-17-11/h2-3,6-7H,4-5H2,1H3,(H,14,15). The lowest BCUT2D eigenvalue weighted by atomic mass is 10.2. The summed E-state index contributed by atoms with van der Waals surface area (Å²) in [5.41, 5.74) is 2.06. The molecular weight excluding hydrogens is 232 g/mol. The second kappa shape index (κ2) is 4.18. The van der Waals surface area contributed by atoms with Crippen LogP contribution in [0.25, 0.3) is 11.4 Å². The van der Waals surface area contributed by atoms with Crippen LogP contribution in [0, 0.1) is 6.92 Å². The molecule has 92 valence electrons. The van der Waals surface area contributed by atoms with Gasteiger partial charge in [0.1, 0.15) is 24.7 Å². The van der Waals surface area contributed by atoms with Gasteiger partial charge in [-0.1, -0.05) is 0 Å². The second-order valence-corrected chi connectivity index (χ2v) is 4.07. The van der Waals surface area contributed by atoms with Crippen molar-refractivity contribution in [3.05, 3.63) is 29.6 Å². The average Bonchev–Trinajstić information content (AvgIpc) is 2.79. The van der Waals surface area contributed by atoms with Crippen molar-refractivity contribution in [3.63, 3.8) is 0 Å². The van der Waals surface area contributed by atoms with Crippen molar-refractivity contribution in [2.45, 2.75) is 6.92 Å². The van der Waals surface area contributed by atoms with Crippen LogP contribution >= 0.6 is 0 Å². The van der Waals surface area contributed by atoms with Crippen molar-refractivity contribution in [2.75, 3.05) is 13.2 Å². The Bertz CT molecular complexity index is 604. The lowest BCUT2D eigenvalue weighted by Crippen LogP contribution is -2.15. The number of aromatic amines is 1. The fraction of sp³-hybridized carbons (Fsp3) is 0.231. The monoisotopic (exact) mass is 244 g/mol. The number of hydrogen-bond donors (Lipinski definition) is 1. The predicted molar refractivity (Wildman–Crippen MR) is 65.1 cm³/mol. The molecule has 0 aliphatic carbocycles. The summed E-state index contributed by atoms with van der Waals surface area (Å²) in [6.07, 6.45) is 0.743. The van der Waals surface area contributed by atoms with E-state index in [1.165, 1.54) is 0 Å². The average molecular weight is 244 g/mol. The minimum absolute atomic E-state index is 0.430. The Hall–Kier alpha value is -2.30. The van der Waals surface area contributed by atoms with Gasteiger partial charge in [-0.15, -0.1) is 0 Å². The van der Waals surface area contributed by atoms with E-state index in [9.17, 15) is 4.79 Å². The van der Waals surface area contributed by atoms with Gasteiger partial charge >= 0.3 is 0 Å². The maximum Gasteiger partial charge on any atom is 0.170 e. The van der Waals surface area contributed by atoms with Crippen molar-refractivity contribution in [2.24, 2.45) is 0 Å². The van der Waals surface area contributed by atoms with E-state index in [2.05, 4.69) is 9.97 Å². The highest BCUT2D eigenvalue weighted by Gasteiger charge is 2.14. The number of carbonyl (C=O) groups is 1. The van der Waals surface area contributed by atoms with E-state index < -0.39 is 0 Å². The number of imidazole rings is 1. The predicted octanol–water partition coefficient (Wildman–Crippen LogP) is 1.97. The lowest BCUT2D eigenvalue weighted by molar-refractivity contribution is 0.111. The normalized spacial score (nSPS) is 13.4. The summed E-state index contributed by atoms with van der Waals surface area (Å²) < 4.78 is 11.0. The summed E-state index contributed by atoms with van der Waals surface area (Å²) >= 11 is 0. The molecule has 3 rings (SSSR count). The van der Waals surface area contributed by atoms with Crippen LogP contribution in [0.5, 0.6) is 11.5 Å². The van der Waals surface area contributed by atoms with Crippen LogP contribution in [0.15, 0.2) is 18.2 Å². The smallest absolute Gasteiger partial charge is 0.170 e. The molecule has 0 bridgehead atoms. The molecule has 0 spiro atoms. The molecule has 0 amide bonds. The van der Waals surface area contributed by atoms with E-state index in [1.54, 1.807) is 0 Å². The van der Waals surface area contributed by atoms with Crippen molar-refractivity contribution in [1.82, 2.24) is 9.97 Å². The minimum atomic E-state index is 0.430. The molecular formula is C13H12N2O3. The number of carbonyl (C=O) groups excluding carboxylic acids is 1. The van der Waals surface area contributed by atoms with Crippen LogP contribution < -0.4 is 9.47 Å². The van der Waals surface area contributed by atoms with E-state index >= 15 is 0 Å². The third-order valence-corrected chi connectivity index (χ3v) is 2.85. The number of aryl methyl sites for hydroxylation is 1. The molecule has 0 saturated heterocycles. The summed E-state index contributed by atoms with van der Waals surface area (Å²) in [4.78, 5) is 18.1. The SMILES string of the molecule is Cc1[nH]c(-c2ccc3c(c2)OCCO3)nc1C=O. The Morgan fingerprint density at radius 1 is 1.28 bits per heavy atom. The van der Waals surface area contributed by atoms with Gasteiger partial charge in [-0.2, -0.15) is 0 Å². The van der Waals surface area contributed by atoms with Crippen molar-refractivity contribution >= 4 is 6.29 Å². The van der Waals surface area contributed by atoms with E-state index in [4.69, 9.17) is 9.47 Å². The number of aldehydes is 1. The number of rotatable bonds is 2. The number of fused-ring (bicyclic) bond motifs is 1. The maximum absolute atomic E-state index is 10.8. The van der Waals surface area contributed by atoms with Gasteiger partial charge < -0.3 is 14.5 Å². The van der Waals surface area contributed by atoms with Crippen LogP contribution in [0.3, 0.4) is 0 Å². The summed E-state index contributed by atoms with van der Waals surface area (Å²) in [7, 11) is 0. The molecule has 2 heterocycles. The molecule has 0 saturated carbocycles. The molecule has 5 nitrogen and oxygen atoms in total. The summed E-state index contributed by atoms with van der Waals surface area (Å²) in [5, 5.41) is 0. The third-order valence-electron chi connectivity index (χ3n) is 2.85. The third kappa shape index (κ3) is 1.73. The highest BCUT2D eigenvalue weighted by molar-refractivity contribution is 5.76. The molecule has 1 N–H and O–H groups in total. The molecule has 0 atom stereocenters. The first-order valence-corrected chi connectivity index (χ1v) is 5.70. The largest absolute Gasteiger partial charge is 0.486 e. The molecule has 18 heavy (non-hydrogen) atoms. The molecule has 1 aromatic heterocycles. The Morgan fingerprint density at radius 3 is 2.78 bits per heavy atom. The molecule has 0 unspecified atom stereocenters. The van der Waals surface area contributed by atoms with Crippen LogP contribution in [0.1, 0.15) is 16.2 Å². The number of aromatic nitrogens is 2. The number of nitrogens with zero attached hydrogens (tertiary/aromatic N) is 1. The quantitative estimate of drug-likeness (QED) is 0.820. The second-order valence-electron chi connectivity index (χ2n) is 4.07. The number of ether oxygens (including phenoxy) is 2. The summed E-state index contributed by atoms with van der Waals surface area (Å²) in [6.45, 7) is 2.94. The molecule has 1 aliphatic rings. The zero-order valence-corrected chi connectivity index (χ0v) is 9.90. The number of H-pyrrole nitrogens is 1. The van der Waals surface area contributed by atoms with E-state index in [0.29, 0.717) is 30.5 Å². The fourth-order valence-corrected chi connectivity index (χ4v) is 1.92. The van der Waals surface area contributed by atoms with E-state index in [0.717, 1.165) is 23.3 Å². The van der Waals surface area contributed by atoms with Crippen molar-refractivity contribution in [1.29, 1.82) is 0 Å². The first-order valence-electron chi connectivity index (χ1n) is 5.70. The number of nitrogens with one attached hydrogen (secondary N) is 1. The van der Waals surface area contributed by atoms with Gasteiger partial charge in [0, 0.05) is 11.3 Å². The Balaban J connectivity index is 2.03. The Morgan fingerprint density at radius 2 is 2.06 bits per heavy atom. The van der Waals surface area contributed by atoms with Gasteiger partial charge in [0.05, 0.1) is 0 Å². The van der Waals surface area contributed by atoms with Crippen LogP contribution in [-0.4, -0.2) is 29.5 Å². The van der Waals surface area contributed by atoms with Crippen LogP contribution in [0.2, 0.25) is 0 Å². The molecule has 0 radical (unpaired) electrons. The van der Waals surface area contributed by atoms with Gasteiger partial charge in [-0.3, -0.25) is 4.79 Å². The van der Waals surface area contributed by atoms with Crippen LogP contribution in [-0.2, 0) is 0 Å². The van der Waals surface area contributed by atoms with E-state index in [1.807, 2.05) is 25.1 Å². The highest BCUT2D eigenvalue weighted by Crippen LogP contribution is 2.33. The highest BCUT2D eigenvalue weighted by atomic mass is 16.6. The van der Waals surface area contributed by atoms with Gasteiger partial charge in [-0.05, 0) is 25.1 Å². The first kappa shape index (κ1) is 10.8. The molecule has 5 heteroatoms. The molecule has 1 aromatic carbocycles. The van der Waals surface area contributed by atoms with Crippen molar-refractivity contribution in [3.8, 4) is 22.9 Å². The summed E-state index contributed by atoms with van der Waals surface area (Å²) in [5.74, 6) is 2.11. The minimum Gasteiger partial charge on any atom is -0.486 e. The lowest BCUT2D eigenvalue weighted by Gasteiger charge is -2.18. The summed E-state index contributed by atoms with van der Waals surface area (Å²) in [6, 6.07) is 5.60. The number of hydrogen-bond acceptors (Lipinski definition) is 4. The van der Waals surface area contributed by atoms with E-state index in [-0.39, 0.29) is 0 Å². The molecule has 2 aromatic rings. The molecule has 0 fully saturated rings. The number of benzene rings is 1. The van der Waals surface area contributed by atoms with Gasteiger partial charge in [-0.25, -0.2) is 4.98 Å². The van der Waals surface area contributed by atoms with Gasteiger partial charge in [0.2, 0.25) is 0 Å².